The zero-order valence-corrected chi connectivity index (χ0v) is 30.7. The van der Waals surface area contributed by atoms with Crippen molar-refractivity contribution in [3.8, 4) is 23.0 Å². The van der Waals surface area contributed by atoms with Gasteiger partial charge in [-0.05, 0) is 50.8 Å². The third kappa shape index (κ3) is 7.55. The van der Waals surface area contributed by atoms with Crippen LogP contribution in [-0.4, -0.2) is 61.3 Å². The molecule has 0 aliphatic rings. The summed E-state index contributed by atoms with van der Waals surface area (Å²) in [4.78, 5) is 0. The van der Waals surface area contributed by atoms with Crippen molar-refractivity contribution in [2.45, 2.75) is 84.3 Å². The molecular weight excluding hydrogens is 528 g/mol. The monoisotopic (exact) mass is 576 g/mol. The standard InChI is InChI=1S/2C13H24O2Si2.CH3.Al/c2*1-15-10-8-11(16(2,3)4)13(14)12(9-10)17(5,6)7;;/h2*8-9,14H,1-7H3;1H3;/q;;;+2/p-2. The first-order valence-corrected chi connectivity index (χ1v) is 29.1. The third-order valence-corrected chi connectivity index (χ3v) is 15.5. The van der Waals surface area contributed by atoms with Crippen LogP contribution in [0.3, 0.4) is 0 Å². The van der Waals surface area contributed by atoms with E-state index in [1.807, 2.05) is 0 Å². The molecule has 0 N–H and O–H groups in total. The fourth-order valence-electron chi connectivity index (χ4n) is 4.28. The zero-order chi connectivity index (χ0) is 27.9. The van der Waals surface area contributed by atoms with Crippen LogP contribution in [0.25, 0.3) is 0 Å². The summed E-state index contributed by atoms with van der Waals surface area (Å²) in [5.74, 6) is 6.20. The molecule has 2 rings (SSSR count). The van der Waals surface area contributed by atoms with Gasteiger partial charge in [0.05, 0.1) is 58.0 Å². The molecule has 2 aromatic carbocycles. The molecule has 2 aromatic rings. The van der Waals surface area contributed by atoms with Gasteiger partial charge in [-0.2, -0.15) is 0 Å². The van der Waals surface area contributed by atoms with Crippen LogP contribution in [0.5, 0.6) is 23.0 Å². The van der Waals surface area contributed by atoms with Crippen LogP contribution in [0.15, 0.2) is 24.3 Å². The van der Waals surface area contributed by atoms with Gasteiger partial charge < -0.3 is 17.1 Å². The van der Waals surface area contributed by atoms with E-state index >= 15 is 0 Å². The topological polar surface area (TPSA) is 36.9 Å². The number of rotatable bonds is 10. The van der Waals surface area contributed by atoms with Crippen molar-refractivity contribution in [3.05, 3.63) is 24.3 Å². The summed E-state index contributed by atoms with van der Waals surface area (Å²) in [6.45, 7) is 28.6. The maximum absolute atomic E-state index is 6.96. The van der Waals surface area contributed by atoms with Crippen molar-refractivity contribution in [2.75, 3.05) is 14.2 Å². The largest absolute Gasteiger partial charge is 0.853 e. The quantitative estimate of drug-likeness (QED) is 0.352. The molecule has 36 heavy (non-hydrogen) atoms. The van der Waals surface area contributed by atoms with Gasteiger partial charge in [-0.3, -0.25) is 0 Å². The minimum atomic E-state index is -2.10. The first kappa shape index (κ1) is 31.3. The number of hydrogen-bond acceptors (Lipinski definition) is 4. The fourth-order valence-corrected chi connectivity index (χ4v) is 12.0. The van der Waals surface area contributed by atoms with Gasteiger partial charge in [0.2, 0.25) is 0 Å². The van der Waals surface area contributed by atoms with Crippen LogP contribution in [-0.2, 0) is 0 Å². The number of hydrogen-bond donors (Lipinski definition) is 0. The lowest BCUT2D eigenvalue weighted by atomic mass is 10.3. The van der Waals surface area contributed by atoms with Gasteiger partial charge in [0.15, 0.2) is 0 Å². The molecule has 0 aliphatic heterocycles. The minimum absolute atomic E-state index is 0.935. The Hall–Kier alpha value is -0.960. The van der Waals surface area contributed by atoms with Crippen molar-refractivity contribution < 1.29 is 17.1 Å². The van der Waals surface area contributed by atoms with Crippen molar-refractivity contribution >= 4 is 67.9 Å². The lowest BCUT2D eigenvalue weighted by Gasteiger charge is -2.33. The predicted molar refractivity (Wildman–Crippen MR) is 171 cm³/mol. The van der Waals surface area contributed by atoms with E-state index in [0.29, 0.717) is 0 Å². The van der Waals surface area contributed by atoms with Crippen LogP contribution in [0, 0.1) is 0 Å². The van der Waals surface area contributed by atoms with E-state index in [1.165, 1.54) is 20.7 Å². The summed E-state index contributed by atoms with van der Waals surface area (Å²) in [6.07, 6.45) is 0. The summed E-state index contributed by atoms with van der Waals surface area (Å²) >= 11 is -2.10. The van der Waals surface area contributed by atoms with Gasteiger partial charge in [-0.25, -0.2) is 0 Å². The summed E-state index contributed by atoms with van der Waals surface area (Å²) in [5, 5.41) is 5.31. The van der Waals surface area contributed by atoms with Gasteiger partial charge >= 0.3 is 14.8 Å². The lowest BCUT2D eigenvalue weighted by Crippen LogP contribution is -2.50. The summed E-state index contributed by atoms with van der Waals surface area (Å²) < 4.78 is 25.4. The molecule has 0 aromatic heterocycles. The number of ether oxygens (including phenoxy) is 2. The van der Waals surface area contributed by atoms with Gasteiger partial charge in [0, 0.05) is 0 Å². The van der Waals surface area contributed by atoms with Crippen molar-refractivity contribution in [2.24, 2.45) is 0 Å². The van der Waals surface area contributed by atoms with Crippen LogP contribution in [0.2, 0.25) is 84.3 Å². The Morgan fingerprint density at radius 2 is 0.694 bits per heavy atom. The number of methoxy groups -OCH3 is 2. The van der Waals surface area contributed by atoms with Gasteiger partial charge in [-0.15, -0.1) is 0 Å². The van der Waals surface area contributed by atoms with E-state index in [1.54, 1.807) is 14.2 Å². The van der Waals surface area contributed by atoms with Gasteiger partial charge in [0.1, 0.15) is 11.5 Å². The molecule has 200 valence electrons. The third-order valence-electron chi connectivity index (χ3n) is 6.40. The Balaban J connectivity index is 2.69. The van der Waals surface area contributed by atoms with E-state index in [4.69, 9.17) is 17.1 Å². The molecular formula is C27H49AlO4Si4. The normalized spacial score (nSPS) is 12.9. The Bertz CT molecular complexity index is 922. The van der Waals surface area contributed by atoms with Gasteiger partial charge in [-0.1, -0.05) is 78.6 Å². The lowest BCUT2D eigenvalue weighted by molar-refractivity contribution is 0.411. The molecule has 0 bridgehead atoms. The van der Waals surface area contributed by atoms with Crippen LogP contribution in [0.4, 0.5) is 0 Å². The first-order chi connectivity index (χ1) is 16.2. The summed E-state index contributed by atoms with van der Waals surface area (Å²) in [6, 6.07) is 8.84. The predicted octanol–water partition coefficient (Wildman–Crippen LogP) is 5.46. The van der Waals surface area contributed by atoms with E-state index in [2.05, 4.69) is 109 Å². The Morgan fingerprint density at radius 1 is 0.472 bits per heavy atom. The van der Waals surface area contributed by atoms with Crippen LogP contribution < -0.4 is 37.8 Å². The van der Waals surface area contributed by atoms with E-state index < -0.39 is 47.1 Å². The number of benzene rings is 2. The molecule has 0 unspecified atom stereocenters. The van der Waals surface area contributed by atoms with Crippen molar-refractivity contribution in [1.82, 2.24) is 0 Å². The molecule has 0 radical (unpaired) electrons. The van der Waals surface area contributed by atoms with Crippen molar-refractivity contribution in [1.29, 1.82) is 0 Å². The first-order valence-electron chi connectivity index (χ1n) is 13.0. The van der Waals surface area contributed by atoms with E-state index in [9.17, 15) is 0 Å². The summed E-state index contributed by atoms with van der Waals surface area (Å²) in [5.41, 5.74) is 0. The second-order valence-corrected chi connectivity index (χ2v) is 35.7. The molecule has 0 spiro atoms. The highest BCUT2D eigenvalue weighted by molar-refractivity contribution is 6.94. The SMILES string of the molecule is COc1cc([Si](C)(C)C)c([O][Al]([CH3])[O]c2c([Si](C)(C)C)cc(OC)cc2[Si](C)(C)C)c([Si](C)(C)C)c1. The molecule has 9 heteroatoms. The smallest absolute Gasteiger partial charge is 0.612 e. The molecule has 4 nitrogen and oxygen atoms in total. The minimum Gasteiger partial charge on any atom is -0.612 e. The second kappa shape index (κ2) is 11.0. The molecule has 0 atom stereocenters. The highest BCUT2D eigenvalue weighted by Gasteiger charge is 2.37. The average Bonchev–Trinajstić information content (AvgIpc) is 2.70. The maximum Gasteiger partial charge on any atom is 0.853 e. The second-order valence-electron chi connectivity index (χ2n) is 13.9. The maximum atomic E-state index is 6.96. The Morgan fingerprint density at radius 3 is 0.861 bits per heavy atom. The van der Waals surface area contributed by atoms with Crippen molar-refractivity contribution in [3.63, 3.8) is 0 Å². The molecule has 0 amide bonds. The Labute approximate surface area is 229 Å². The highest BCUT2D eigenvalue weighted by Crippen LogP contribution is 2.26. The van der Waals surface area contributed by atoms with Crippen LogP contribution in [0.1, 0.15) is 0 Å². The fraction of sp³-hybridized carbons (Fsp3) is 0.556. The van der Waals surface area contributed by atoms with E-state index in [0.717, 1.165) is 23.0 Å². The van der Waals surface area contributed by atoms with Gasteiger partial charge in [0.25, 0.3) is 0 Å². The molecule has 0 saturated heterocycles. The molecule has 0 fully saturated rings. The molecule has 0 heterocycles. The van der Waals surface area contributed by atoms with E-state index in [-0.39, 0.29) is 0 Å². The summed E-state index contributed by atoms with van der Waals surface area (Å²) in [7, 11) is -3.31. The highest BCUT2D eigenvalue weighted by atomic mass is 28.3. The average molecular weight is 577 g/mol. The molecule has 0 aliphatic carbocycles. The van der Waals surface area contributed by atoms with Crippen LogP contribution >= 0.6 is 0 Å². The Kier molecular flexibility index (Phi) is 9.58. The zero-order valence-electron chi connectivity index (χ0n) is 25.5. The molecule has 0 saturated carbocycles.